The van der Waals surface area contributed by atoms with Gasteiger partial charge in [0.15, 0.2) is 0 Å². The summed E-state index contributed by atoms with van der Waals surface area (Å²) < 4.78 is 5.21. The van der Waals surface area contributed by atoms with Crippen LogP contribution in [0.2, 0.25) is 0 Å². The summed E-state index contributed by atoms with van der Waals surface area (Å²) in [6.07, 6.45) is 2.00. The van der Waals surface area contributed by atoms with Gasteiger partial charge >= 0.3 is 6.03 Å². The van der Waals surface area contributed by atoms with Crippen molar-refractivity contribution in [2.75, 3.05) is 44.7 Å². The second-order valence-corrected chi connectivity index (χ2v) is 8.96. The van der Waals surface area contributed by atoms with Gasteiger partial charge in [0.25, 0.3) is 5.91 Å². The highest BCUT2D eigenvalue weighted by Crippen LogP contribution is 2.29. The minimum Gasteiger partial charge on any atom is -0.497 e. The number of rotatable bonds is 7. The summed E-state index contributed by atoms with van der Waals surface area (Å²) in [6.45, 7) is 5.98. The molecule has 0 aromatic heterocycles. The van der Waals surface area contributed by atoms with Crippen molar-refractivity contribution in [1.29, 1.82) is 0 Å². The van der Waals surface area contributed by atoms with Crippen molar-refractivity contribution >= 4 is 23.5 Å². The van der Waals surface area contributed by atoms with Gasteiger partial charge in [-0.2, -0.15) is 0 Å². The SMILES string of the molecule is CCCc1ccc(C2(C)NC(=O)N(CC(=O)N3CCN(c4ccc(OC)cc4)CC3)C2=O)cc1. The first-order valence-electron chi connectivity index (χ1n) is 11.8. The van der Waals surface area contributed by atoms with E-state index in [1.165, 1.54) is 5.56 Å². The largest absolute Gasteiger partial charge is 0.497 e. The average molecular weight is 465 g/mol. The van der Waals surface area contributed by atoms with Crippen molar-refractivity contribution in [2.24, 2.45) is 0 Å². The van der Waals surface area contributed by atoms with Crippen LogP contribution in [0.15, 0.2) is 48.5 Å². The second-order valence-electron chi connectivity index (χ2n) is 8.96. The number of amides is 4. The first-order chi connectivity index (χ1) is 16.4. The fraction of sp³-hybridized carbons (Fsp3) is 0.423. The molecule has 1 unspecified atom stereocenters. The highest BCUT2D eigenvalue weighted by molar-refractivity contribution is 6.09. The molecule has 0 radical (unpaired) electrons. The molecule has 0 aliphatic carbocycles. The third-order valence-electron chi connectivity index (χ3n) is 6.71. The molecule has 2 aliphatic rings. The van der Waals surface area contributed by atoms with Crippen LogP contribution in [0.4, 0.5) is 10.5 Å². The number of carbonyl (C=O) groups is 3. The number of nitrogens with one attached hydrogen (secondary N) is 1. The van der Waals surface area contributed by atoms with E-state index in [0.29, 0.717) is 31.7 Å². The minimum atomic E-state index is -1.17. The fourth-order valence-corrected chi connectivity index (χ4v) is 4.57. The summed E-state index contributed by atoms with van der Waals surface area (Å²) >= 11 is 0. The van der Waals surface area contributed by atoms with Crippen LogP contribution in [0.25, 0.3) is 0 Å². The Balaban J connectivity index is 1.36. The van der Waals surface area contributed by atoms with Crippen molar-refractivity contribution < 1.29 is 19.1 Å². The quantitative estimate of drug-likeness (QED) is 0.638. The fourth-order valence-electron chi connectivity index (χ4n) is 4.57. The van der Waals surface area contributed by atoms with Crippen molar-refractivity contribution in [3.8, 4) is 5.75 Å². The Kier molecular flexibility index (Phi) is 6.77. The Morgan fingerprint density at radius 3 is 2.24 bits per heavy atom. The summed E-state index contributed by atoms with van der Waals surface area (Å²) in [7, 11) is 1.64. The standard InChI is InChI=1S/C26H32N4O4/c1-4-5-19-6-8-20(9-7-19)26(2)24(32)30(25(33)27-26)18-23(31)29-16-14-28(15-17-29)21-10-12-22(34-3)13-11-21/h6-13H,4-5,14-18H2,1-3H3,(H,27,33). The van der Waals surface area contributed by atoms with Gasteiger partial charge in [-0.05, 0) is 48.7 Å². The van der Waals surface area contributed by atoms with E-state index in [0.717, 1.165) is 29.2 Å². The molecule has 8 heteroatoms. The lowest BCUT2D eigenvalue weighted by atomic mass is 9.91. The number of nitrogens with zero attached hydrogens (tertiary/aromatic N) is 3. The molecule has 2 saturated heterocycles. The van der Waals surface area contributed by atoms with Crippen LogP contribution >= 0.6 is 0 Å². The van der Waals surface area contributed by atoms with E-state index in [1.54, 1.807) is 18.9 Å². The number of hydrogen-bond donors (Lipinski definition) is 1. The van der Waals surface area contributed by atoms with Gasteiger partial charge in [-0.3, -0.25) is 14.5 Å². The number of imide groups is 1. The molecule has 2 aromatic carbocycles. The molecule has 0 bridgehead atoms. The number of piperazine rings is 1. The number of methoxy groups -OCH3 is 1. The van der Waals surface area contributed by atoms with E-state index < -0.39 is 17.5 Å². The molecule has 2 aliphatic heterocycles. The zero-order valence-corrected chi connectivity index (χ0v) is 20.0. The first-order valence-corrected chi connectivity index (χ1v) is 11.8. The third kappa shape index (κ3) is 4.58. The molecule has 2 aromatic rings. The maximum Gasteiger partial charge on any atom is 0.325 e. The molecular formula is C26H32N4O4. The Morgan fingerprint density at radius 1 is 1.00 bits per heavy atom. The molecule has 2 fully saturated rings. The maximum atomic E-state index is 13.2. The zero-order chi connectivity index (χ0) is 24.3. The van der Waals surface area contributed by atoms with E-state index in [-0.39, 0.29) is 12.5 Å². The predicted molar refractivity (Wildman–Crippen MR) is 130 cm³/mol. The van der Waals surface area contributed by atoms with Gasteiger partial charge in [0.2, 0.25) is 5.91 Å². The van der Waals surface area contributed by atoms with E-state index in [1.807, 2.05) is 48.5 Å². The Hall–Kier alpha value is -3.55. The van der Waals surface area contributed by atoms with Crippen molar-refractivity contribution in [2.45, 2.75) is 32.2 Å². The molecule has 0 spiro atoms. The smallest absolute Gasteiger partial charge is 0.325 e. The molecule has 0 saturated carbocycles. The number of anilines is 1. The molecule has 34 heavy (non-hydrogen) atoms. The molecule has 1 N–H and O–H groups in total. The predicted octanol–water partition coefficient (Wildman–Crippen LogP) is 2.76. The summed E-state index contributed by atoms with van der Waals surface area (Å²) in [5, 5.41) is 2.79. The zero-order valence-electron chi connectivity index (χ0n) is 20.0. The monoisotopic (exact) mass is 464 g/mol. The summed E-state index contributed by atoms with van der Waals surface area (Å²) in [5.74, 6) is 0.182. The van der Waals surface area contributed by atoms with Crippen LogP contribution in [0.5, 0.6) is 5.75 Å². The molecule has 4 amide bonds. The molecular weight excluding hydrogens is 432 g/mol. The molecule has 4 rings (SSSR count). The summed E-state index contributed by atoms with van der Waals surface area (Å²) in [5.41, 5.74) is 1.80. The van der Waals surface area contributed by atoms with Gasteiger partial charge in [-0.25, -0.2) is 4.79 Å². The van der Waals surface area contributed by atoms with E-state index >= 15 is 0 Å². The van der Waals surface area contributed by atoms with Crippen LogP contribution in [0.3, 0.4) is 0 Å². The van der Waals surface area contributed by atoms with Crippen molar-refractivity contribution in [1.82, 2.24) is 15.1 Å². The van der Waals surface area contributed by atoms with Crippen LogP contribution in [0, 0.1) is 0 Å². The average Bonchev–Trinajstić information content (AvgIpc) is 3.08. The number of ether oxygens (including phenoxy) is 1. The van der Waals surface area contributed by atoms with Gasteiger partial charge in [-0.1, -0.05) is 37.6 Å². The highest BCUT2D eigenvalue weighted by Gasteiger charge is 2.49. The second kappa shape index (κ2) is 9.75. The Bertz CT molecular complexity index is 1050. The van der Waals surface area contributed by atoms with Gasteiger partial charge < -0.3 is 19.9 Å². The van der Waals surface area contributed by atoms with Crippen LogP contribution in [-0.4, -0.2) is 67.5 Å². The van der Waals surface area contributed by atoms with Gasteiger partial charge in [0.1, 0.15) is 17.8 Å². The van der Waals surface area contributed by atoms with Crippen LogP contribution < -0.4 is 15.0 Å². The van der Waals surface area contributed by atoms with Crippen molar-refractivity contribution in [3.05, 3.63) is 59.7 Å². The van der Waals surface area contributed by atoms with Crippen LogP contribution in [-0.2, 0) is 21.5 Å². The maximum absolute atomic E-state index is 13.2. The first kappa shape index (κ1) is 23.6. The summed E-state index contributed by atoms with van der Waals surface area (Å²) in [6, 6.07) is 15.0. The van der Waals surface area contributed by atoms with Crippen molar-refractivity contribution in [3.63, 3.8) is 0 Å². The Labute approximate surface area is 200 Å². The number of hydrogen-bond acceptors (Lipinski definition) is 5. The lowest BCUT2D eigenvalue weighted by Crippen LogP contribution is -2.52. The van der Waals surface area contributed by atoms with E-state index in [9.17, 15) is 14.4 Å². The molecule has 1 atom stereocenters. The highest BCUT2D eigenvalue weighted by atomic mass is 16.5. The van der Waals surface area contributed by atoms with Gasteiger partial charge in [0, 0.05) is 31.9 Å². The molecule has 180 valence electrons. The lowest BCUT2D eigenvalue weighted by Gasteiger charge is -2.36. The van der Waals surface area contributed by atoms with Gasteiger partial charge in [-0.15, -0.1) is 0 Å². The van der Waals surface area contributed by atoms with Gasteiger partial charge in [0.05, 0.1) is 7.11 Å². The Morgan fingerprint density at radius 2 is 1.65 bits per heavy atom. The number of benzene rings is 2. The number of carbonyl (C=O) groups excluding carboxylic acids is 3. The molecule has 8 nitrogen and oxygen atoms in total. The number of aryl methyl sites for hydroxylation is 1. The molecule has 2 heterocycles. The van der Waals surface area contributed by atoms with Crippen LogP contribution in [0.1, 0.15) is 31.4 Å². The van der Waals surface area contributed by atoms with E-state index in [2.05, 4.69) is 17.1 Å². The number of urea groups is 1. The normalized spacial score (nSPS) is 20.5. The minimum absolute atomic E-state index is 0.222. The third-order valence-corrected chi connectivity index (χ3v) is 6.71. The van der Waals surface area contributed by atoms with E-state index in [4.69, 9.17) is 4.74 Å². The summed E-state index contributed by atoms with van der Waals surface area (Å²) in [4.78, 5) is 43.8. The topological polar surface area (TPSA) is 82.2 Å². The lowest BCUT2D eigenvalue weighted by molar-refractivity contribution is -0.139.